The average molecular weight is 303 g/mol. The Kier molecular flexibility index (Phi) is 4.22. The van der Waals surface area contributed by atoms with Gasteiger partial charge in [-0.05, 0) is 56.9 Å². The molecule has 1 aliphatic carbocycles. The van der Waals surface area contributed by atoms with Gasteiger partial charge in [0, 0.05) is 6.04 Å². The largest absolute Gasteiger partial charge is 0.377 e. The minimum absolute atomic E-state index is 0.0135. The van der Waals surface area contributed by atoms with E-state index in [4.69, 9.17) is 12.6 Å². The molecule has 3 atom stereocenters. The summed E-state index contributed by atoms with van der Waals surface area (Å²) >= 11 is 0. The SMILES string of the molecule is [B]C1(C)CCC2C(CCN(C(C)C)C23COC3)CC(C)(C)C1. The molecule has 0 aromatic rings. The lowest BCUT2D eigenvalue weighted by Crippen LogP contribution is -2.72. The minimum Gasteiger partial charge on any atom is -0.377 e. The topological polar surface area (TPSA) is 12.5 Å². The fraction of sp³-hybridized carbons (Fsp3) is 1.00. The molecule has 3 fully saturated rings. The van der Waals surface area contributed by atoms with Crippen molar-refractivity contribution < 1.29 is 4.74 Å². The number of ether oxygens (including phenoxy) is 1. The van der Waals surface area contributed by atoms with Crippen LogP contribution in [0.15, 0.2) is 0 Å². The second-order valence-corrected chi connectivity index (χ2v) is 9.78. The molecule has 22 heavy (non-hydrogen) atoms. The standard InChI is InChI=1S/C19H34BNO/c1-14(2)21-9-7-15-10-17(3,4)11-18(5,20)8-6-16(15)19(21)12-22-13-19/h14-16H,6-13H2,1-5H3. The molecule has 1 spiro atoms. The fourth-order valence-corrected chi connectivity index (χ4v) is 6.04. The van der Waals surface area contributed by atoms with Crippen molar-refractivity contribution in [3.05, 3.63) is 0 Å². The van der Waals surface area contributed by atoms with Gasteiger partial charge in [0.2, 0.25) is 0 Å². The highest BCUT2D eigenvalue weighted by molar-refractivity contribution is 6.14. The number of rotatable bonds is 1. The van der Waals surface area contributed by atoms with Crippen LogP contribution in [0, 0.1) is 17.3 Å². The molecule has 0 aromatic carbocycles. The summed E-state index contributed by atoms with van der Waals surface area (Å²) < 4.78 is 5.75. The lowest BCUT2D eigenvalue weighted by atomic mass is 9.52. The maximum Gasteiger partial charge on any atom is 0.0742 e. The molecule has 2 heterocycles. The monoisotopic (exact) mass is 303 g/mol. The zero-order valence-electron chi connectivity index (χ0n) is 15.3. The molecule has 124 valence electrons. The molecule has 2 radical (unpaired) electrons. The van der Waals surface area contributed by atoms with E-state index < -0.39 is 0 Å². The number of nitrogens with zero attached hydrogens (tertiary/aromatic N) is 1. The van der Waals surface area contributed by atoms with Crippen LogP contribution in [-0.4, -0.2) is 44.1 Å². The summed E-state index contributed by atoms with van der Waals surface area (Å²) in [5, 5.41) is -0.0135. The Hall–Kier alpha value is -0.0151. The first-order valence-corrected chi connectivity index (χ1v) is 9.29. The molecule has 0 N–H and O–H groups in total. The molecular weight excluding hydrogens is 269 g/mol. The normalized spacial score (nSPS) is 41.5. The van der Waals surface area contributed by atoms with Crippen LogP contribution in [0.2, 0.25) is 5.31 Å². The predicted molar refractivity (Wildman–Crippen MR) is 93.4 cm³/mol. The molecular formula is C19H34BNO. The number of piperidine rings is 1. The molecule has 3 rings (SSSR count). The summed E-state index contributed by atoms with van der Waals surface area (Å²) in [4.78, 5) is 2.75. The van der Waals surface area contributed by atoms with Gasteiger partial charge < -0.3 is 4.74 Å². The maximum atomic E-state index is 6.64. The van der Waals surface area contributed by atoms with Gasteiger partial charge in [-0.2, -0.15) is 0 Å². The van der Waals surface area contributed by atoms with Gasteiger partial charge >= 0.3 is 0 Å². The maximum absolute atomic E-state index is 6.64. The summed E-state index contributed by atoms with van der Waals surface area (Å²) in [7, 11) is 6.64. The van der Waals surface area contributed by atoms with Gasteiger partial charge in [-0.25, -0.2) is 0 Å². The van der Waals surface area contributed by atoms with Gasteiger partial charge in [-0.3, -0.25) is 4.90 Å². The Morgan fingerprint density at radius 3 is 2.36 bits per heavy atom. The fourth-order valence-electron chi connectivity index (χ4n) is 6.04. The summed E-state index contributed by atoms with van der Waals surface area (Å²) in [5.74, 6) is 1.62. The van der Waals surface area contributed by atoms with Crippen molar-refractivity contribution in [1.29, 1.82) is 0 Å². The van der Waals surface area contributed by atoms with Crippen molar-refractivity contribution in [2.45, 2.75) is 83.6 Å². The van der Waals surface area contributed by atoms with Crippen LogP contribution in [0.25, 0.3) is 0 Å². The Morgan fingerprint density at radius 2 is 1.82 bits per heavy atom. The van der Waals surface area contributed by atoms with Crippen molar-refractivity contribution in [3.63, 3.8) is 0 Å². The summed E-state index contributed by atoms with van der Waals surface area (Å²) in [6.07, 6.45) is 6.28. The number of hydrogen-bond donors (Lipinski definition) is 0. The van der Waals surface area contributed by atoms with E-state index >= 15 is 0 Å². The van der Waals surface area contributed by atoms with E-state index in [1.807, 2.05) is 0 Å². The quantitative estimate of drug-likeness (QED) is 0.678. The Bertz CT molecular complexity index is 414. The van der Waals surface area contributed by atoms with Crippen molar-refractivity contribution in [2.75, 3.05) is 19.8 Å². The van der Waals surface area contributed by atoms with Crippen molar-refractivity contribution in [1.82, 2.24) is 4.90 Å². The van der Waals surface area contributed by atoms with E-state index in [0.29, 0.717) is 17.0 Å². The third kappa shape index (κ3) is 2.88. The van der Waals surface area contributed by atoms with Gasteiger partial charge in [0.05, 0.1) is 26.6 Å². The van der Waals surface area contributed by atoms with Crippen LogP contribution in [0.3, 0.4) is 0 Å². The lowest BCUT2D eigenvalue weighted by Gasteiger charge is -2.62. The summed E-state index contributed by atoms with van der Waals surface area (Å²) in [6.45, 7) is 14.9. The molecule has 1 saturated carbocycles. The second-order valence-electron chi connectivity index (χ2n) is 9.78. The van der Waals surface area contributed by atoms with Crippen molar-refractivity contribution >= 4 is 7.85 Å². The van der Waals surface area contributed by atoms with E-state index in [-0.39, 0.29) is 5.31 Å². The highest BCUT2D eigenvalue weighted by Gasteiger charge is 2.56. The van der Waals surface area contributed by atoms with E-state index in [1.165, 1.54) is 25.8 Å². The van der Waals surface area contributed by atoms with E-state index in [1.54, 1.807) is 0 Å². The zero-order chi connectivity index (χ0) is 16.2. The minimum atomic E-state index is -0.0135. The number of fused-ring (bicyclic) bond motifs is 2. The van der Waals surface area contributed by atoms with Gasteiger partial charge in [0.1, 0.15) is 0 Å². The first-order chi connectivity index (χ1) is 10.2. The van der Waals surface area contributed by atoms with Crippen LogP contribution in [0.1, 0.15) is 66.7 Å². The van der Waals surface area contributed by atoms with Crippen molar-refractivity contribution in [2.24, 2.45) is 17.3 Å². The molecule has 2 saturated heterocycles. The molecule has 3 aliphatic rings. The van der Waals surface area contributed by atoms with Gasteiger partial charge in [0.15, 0.2) is 0 Å². The highest BCUT2D eigenvalue weighted by Crippen LogP contribution is 2.55. The molecule has 3 heteroatoms. The van der Waals surface area contributed by atoms with Crippen molar-refractivity contribution in [3.8, 4) is 0 Å². The van der Waals surface area contributed by atoms with Crippen LogP contribution < -0.4 is 0 Å². The lowest BCUT2D eigenvalue weighted by molar-refractivity contribution is -0.212. The van der Waals surface area contributed by atoms with E-state index in [9.17, 15) is 0 Å². The van der Waals surface area contributed by atoms with Crippen LogP contribution in [0.4, 0.5) is 0 Å². The second kappa shape index (κ2) is 5.51. The Morgan fingerprint density at radius 1 is 1.14 bits per heavy atom. The third-order valence-electron chi connectivity index (χ3n) is 6.62. The predicted octanol–water partition coefficient (Wildman–Crippen LogP) is 4.05. The Labute approximate surface area is 138 Å². The molecule has 0 aromatic heterocycles. The first-order valence-electron chi connectivity index (χ1n) is 9.29. The van der Waals surface area contributed by atoms with Gasteiger partial charge in [-0.1, -0.05) is 38.9 Å². The third-order valence-corrected chi connectivity index (χ3v) is 6.62. The first kappa shape index (κ1) is 16.8. The molecule has 2 aliphatic heterocycles. The smallest absolute Gasteiger partial charge is 0.0742 e. The van der Waals surface area contributed by atoms with Crippen LogP contribution in [-0.2, 0) is 4.74 Å². The van der Waals surface area contributed by atoms with Crippen LogP contribution in [0.5, 0.6) is 0 Å². The highest BCUT2D eigenvalue weighted by atomic mass is 16.5. The molecule has 2 nitrogen and oxygen atoms in total. The van der Waals surface area contributed by atoms with Gasteiger partial charge in [-0.15, -0.1) is 0 Å². The average Bonchev–Trinajstić information content (AvgIpc) is 2.30. The summed E-state index contributed by atoms with van der Waals surface area (Å²) in [6, 6.07) is 0.618. The molecule has 0 bridgehead atoms. The number of hydrogen-bond acceptors (Lipinski definition) is 2. The van der Waals surface area contributed by atoms with E-state index in [2.05, 4.69) is 39.5 Å². The summed E-state index contributed by atoms with van der Waals surface area (Å²) in [5.41, 5.74) is 0.666. The van der Waals surface area contributed by atoms with Gasteiger partial charge in [0.25, 0.3) is 0 Å². The molecule has 3 unspecified atom stereocenters. The van der Waals surface area contributed by atoms with Crippen LogP contribution >= 0.6 is 0 Å². The Balaban J connectivity index is 1.89. The molecule has 0 amide bonds. The number of likely N-dealkylation sites (tertiary alicyclic amines) is 1. The zero-order valence-corrected chi connectivity index (χ0v) is 15.3. The van der Waals surface area contributed by atoms with E-state index in [0.717, 1.165) is 37.9 Å².